The number of amides is 1. The van der Waals surface area contributed by atoms with Crippen LogP contribution in [0.4, 0.5) is 0 Å². The number of carbonyl (C=O) groups excluding carboxylic acids is 1. The molecule has 0 aliphatic carbocycles. The molecule has 1 N–H and O–H groups in total. The summed E-state index contributed by atoms with van der Waals surface area (Å²) in [7, 11) is 0. The molecule has 1 aromatic heterocycles. The number of rotatable bonds is 7. The Labute approximate surface area is 188 Å². The quantitative estimate of drug-likeness (QED) is 0.609. The Hall–Kier alpha value is -3.03. The van der Waals surface area contributed by atoms with Crippen LogP contribution in [-0.2, 0) is 4.74 Å². The molecule has 7 nitrogen and oxygen atoms in total. The number of ether oxygens (including phenoxy) is 1. The van der Waals surface area contributed by atoms with E-state index < -0.39 is 0 Å². The number of hydrogen-bond donors (Lipinski definition) is 1. The Kier molecular flexibility index (Phi) is 6.97. The van der Waals surface area contributed by atoms with Crippen LogP contribution < -0.4 is 5.32 Å². The van der Waals surface area contributed by atoms with Crippen molar-refractivity contribution in [3.63, 3.8) is 0 Å². The molecule has 1 fully saturated rings. The average Bonchev–Trinajstić information content (AvgIpc) is 3.28. The molecule has 0 spiro atoms. The lowest BCUT2D eigenvalue weighted by molar-refractivity contribution is -0.0295. The zero-order chi connectivity index (χ0) is 22.5. The molecule has 2 aromatic carbocycles. The van der Waals surface area contributed by atoms with Gasteiger partial charge in [0.2, 0.25) is 11.8 Å². The lowest BCUT2D eigenvalue weighted by Crippen LogP contribution is -2.48. The third-order valence-electron chi connectivity index (χ3n) is 5.45. The van der Waals surface area contributed by atoms with Crippen molar-refractivity contribution in [2.24, 2.45) is 5.92 Å². The molecule has 4 rings (SSSR count). The molecular formula is C25H30N4O3. The summed E-state index contributed by atoms with van der Waals surface area (Å²) < 4.78 is 11.6. The molecule has 2 heterocycles. The Morgan fingerprint density at radius 2 is 1.69 bits per heavy atom. The van der Waals surface area contributed by atoms with Gasteiger partial charge < -0.3 is 14.5 Å². The minimum Gasteiger partial charge on any atom is -0.416 e. The Balaban J connectivity index is 1.33. The summed E-state index contributed by atoms with van der Waals surface area (Å²) in [5.41, 5.74) is 3.40. The van der Waals surface area contributed by atoms with Crippen LogP contribution in [0.25, 0.3) is 22.9 Å². The van der Waals surface area contributed by atoms with E-state index in [0.717, 1.165) is 30.8 Å². The second-order valence-corrected chi connectivity index (χ2v) is 8.71. The maximum atomic E-state index is 12.6. The SMILES string of the molecule is Cc1ccc(-c2nnc(-c3ccc(C(=O)NCC4CN(CC(C)C)CCO4)cc3)o2)cc1. The standard InChI is InChI=1S/C25H30N4O3/c1-17(2)15-29-12-13-31-22(16-29)14-26-23(30)19-8-10-21(11-9-19)25-28-27-24(32-25)20-6-4-18(3)5-7-20/h4-11,17,22H,12-16H2,1-3H3,(H,26,30). The molecule has 1 amide bonds. The molecule has 3 aromatic rings. The van der Waals surface area contributed by atoms with Crippen molar-refractivity contribution in [2.45, 2.75) is 26.9 Å². The van der Waals surface area contributed by atoms with Crippen molar-refractivity contribution in [2.75, 3.05) is 32.8 Å². The second kappa shape index (κ2) is 10.1. The van der Waals surface area contributed by atoms with E-state index in [-0.39, 0.29) is 12.0 Å². The highest BCUT2D eigenvalue weighted by Crippen LogP contribution is 2.24. The third kappa shape index (κ3) is 5.60. The normalized spacial score (nSPS) is 16.9. The van der Waals surface area contributed by atoms with Crippen molar-refractivity contribution < 1.29 is 13.9 Å². The van der Waals surface area contributed by atoms with E-state index in [1.165, 1.54) is 5.56 Å². The van der Waals surface area contributed by atoms with Crippen LogP contribution in [0.5, 0.6) is 0 Å². The molecule has 1 aliphatic rings. The highest BCUT2D eigenvalue weighted by Gasteiger charge is 2.21. The maximum absolute atomic E-state index is 12.6. The number of nitrogens with one attached hydrogen (secondary N) is 1. The molecule has 1 unspecified atom stereocenters. The van der Waals surface area contributed by atoms with Gasteiger partial charge in [-0.25, -0.2) is 0 Å². The molecular weight excluding hydrogens is 404 g/mol. The van der Waals surface area contributed by atoms with Gasteiger partial charge in [-0.1, -0.05) is 31.5 Å². The molecule has 0 bridgehead atoms. The number of carbonyl (C=O) groups is 1. The van der Waals surface area contributed by atoms with E-state index in [0.29, 0.717) is 36.4 Å². The van der Waals surface area contributed by atoms with Crippen molar-refractivity contribution in [3.05, 3.63) is 59.7 Å². The minimum atomic E-state index is -0.119. The van der Waals surface area contributed by atoms with Gasteiger partial charge in [-0.2, -0.15) is 0 Å². The first-order valence-electron chi connectivity index (χ1n) is 11.1. The number of hydrogen-bond acceptors (Lipinski definition) is 6. The van der Waals surface area contributed by atoms with E-state index in [1.54, 1.807) is 12.1 Å². The van der Waals surface area contributed by atoms with E-state index in [9.17, 15) is 4.79 Å². The number of nitrogens with zero attached hydrogens (tertiary/aromatic N) is 3. The first-order valence-corrected chi connectivity index (χ1v) is 11.1. The van der Waals surface area contributed by atoms with Crippen molar-refractivity contribution in [3.8, 4) is 22.9 Å². The zero-order valence-corrected chi connectivity index (χ0v) is 18.9. The van der Waals surface area contributed by atoms with Crippen molar-refractivity contribution in [1.29, 1.82) is 0 Å². The summed E-state index contributed by atoms with van der Waals surface area (Å²) in [5.74, 6) is 1.40. The molecule has 32 heavy (non-hydrogen) atoms. The second-order valence-electron chi connectivity index (χ2n) is 8.71. The van der Waals surface area contributed by atoms with Gasteiger partial charge in [0.1, 0.15) is 0 Å². The lowest BCUT2D eigenvalue weighted by Gasteiger charge is -2.33. The van der Waals surface area contributed by atoms with Crippen LogP contribution in [-0.4, -0.2) is 59.9 Å². The van der Waals surface area contributed by atoms with Gasteiger partial charge in [-0.15, -0.1) is 10.2 Å². The Morgan fingerprint density at radius 1 is 1.06 bits per heavy atom. The zero-order valence-electron chi connectivity index (χ0n) is 18.9. The Morgan fingerprint density at radius 3 is 2.31 bits per heavy atom. The summed E-state index contributed by atoms with van der Waals surface area (Å²) in [6.07, 6.45) is 0.0179. The predicted octanol–water partition coefficient (Wildman–Crippen LogP) is 3.80. The summed E-state index contributed by atoms with van der Waals surface area (Å²) in [6, 6.07) is 15.1. The Bertz CT molecular complexity index is 1030. The van der Waals surface area contributed by atoms with Crippen LogP contribution in [0.15, 0.2) is 52.9 Å². The van der Waals surface area contributed by atoms with Gasteiger partial charge in [0.05, 0.1) is 12.7 Å². The first-order chi connectivity index (χ1) is 15.5. The number of benzene rings is 2. The molecule has 0 saturated carbocycles. The number of aryl methyl sites for hydroxylation is 1. The van der Waals surface area contributed by atoms with Gasteiger partial charge in [0.25, 0.3) is 5.91 Å². The average molecular weight is 435 g/mol. The van der Waals surface area contributed by atoms with E-state index in [2.05, 4.69) is 34.3 Å². The summed E-state index contributed by atoms with van der Waals surface area (Å²) in [6.45, 7) is 10.5. The van der Waals surface area contributed by atoms with Crippen LogP contribution in [0.2, 0.25) is 0 Å². The lowest BCUT2D eigenvalue weighted by atomic mass is 10.1. The summed E-state index contributed by atoms with van der Waals surface area (Å²) in [4.78, 5) is 15.0. The van der Waals surface area contributed by atoms with Gasteiger partial charge in [-0.05, 0) is 49.2 Å². The van der Waals surface area contributed by atoms with E-state index in [1.807, 2.05) is 43.3 Å². The fraction of sp³-hybridized carbons (Fsp3) is 0.400. The summed E-state index contributed by atoms with van der Waals surface area (Å²) >= 11 is 0. The van der Waals surface area contributed by atoms with Gasteiger partial charge in [0.15, 0.2) is 0 Å². The molecule has 1 atom stereocenters. The molecule has 7 heteroatoms. The molecule has 1 aliphatic heterocycles. The molecule has 1 saturated heterocycles. The third-order valence-corrected chi connectivity index (χ3v) is 5.45. The van der Waals surface area contributed by atoms with Gasteiger partial charge in [-0.3, -0.25) is 9.69 Å². The van der Waals surface area contributed by atoms with Crippen LogP contribution in [0, 0.1) is 12.8 Å². The maximum Gasteiger partial charge on any atom is 0.251 e. The number of morpholine rings is 1. The fourth-order valence-corrected chi connectivity index (χ4v) is 3.81. The largest absolute Gasteiger partial charge is 0.416 e. The van der Waals surface area contributed by atoms with Gasteiger partial charge >= 0.3 is 0 Å². The molecule has 0 radical (unpaired) electrons. The van der Waals surface area contributed by atoms with E-state index in [4.69, 9.17) is 9.15 Å². The smallest absolute Gasteiger partial charge is 0.251 e. The van der Waals surface area contributed by atoms with Crippen molar-refractivity contribution in [1.82, 2.24) is 20.4 Å². The number of aromatic nitrogens is 2. The van der Waals surface area contributed by atoms with E-state index >= 15 is 0 Å². The highest BCUT2D eigenvalue weighted by molar-refractivity contribution is 5.94. The molecule has 168 valence electrons. The minimum absolute atomic E-state index is 0.0179. The fourth-order valence-electron chi connectivity index (χ4n) is 3.81. The monoisotopic (exact) mass is 434 g/mol. The van der Waals surface area contributed by atoms with Crippen LogP contribution in [0.3, 0.4) is 0 Å². The topological polar surface area (TPSA) is 80.5 Å². The van der Waals surface area contributed by atoms with Crippen molar-refractivity contribution >= 4 is 5.91 Å². The predicted molar refractivity (Wildman–Crippen MR) is 123 cm³/mol. The van der Waals surface area contributed by atoms with Crippen LogP contribution in [0.1, 0.15) is 29.8 Å². The first kappa shape index (κ1) is 22.2. The van der Waals surface area contributed by atoms with Crippen LogP contribution >= 0.6 is 0 Å². The highest BCUT2D eigenvalue weighted by atomic mass is 16.5. The summed E-state index contributed by atoms with van der Waals surface area (Å²) in [5, 5.41) is 11.3. The van der Waals surface area contributed by atoms with Gasteiger partial charge in [0, 0.05) is 42.9 Å².